The standard InChI is InChI=1S/C9H9FO3S/c1-14(11,12)9-5-6-7(10)3-2-4-8(6)13-9/h2-4,9H,5H2,1H3. The summed E-state index contributed by atoms with van der Waals surface area (Å²) in [5.41, 5.74) is -0.586. The minimum atomic E-state index is -3.28. The van der Waals surface area contributed by atoms with Crippen LogP contribution in [-0.2, 0) is 16.3 Å². The van der Waals surface area contributed by atoms with Crippen molar-refractivity contribution < 1.29 is 17.5 Å². The van der Waals surface area contributed by atoms with Gasteiger partial charge in [-0.05, 0) is 12.1 Å². The van der Waals surface area contributed by atoms with Gasteiger partial charge in [0.05, 0.1) is 0 Å². The molecule has 5 heteroatoms. The molecule has 1 atom stereocenters. The van der Waals surface area contributed by atoms with Crippen LogP contribution in [0, 0.1) is 5.82 Å². The molecule has 1 heterocycles. The first-order chi connectivity index (χ1) is 6.48. The highest BCUT2D eigenvalue weighted by atomic mass is 32.2. The zero-order valence-electron chi connectivity index (χ0n) is 7.53. The first-order valence-corrected chi connectivity index (χ1v) is 6.07. The van der Waals surface area contributed by atoms with E-state index in [1.807, 2.05) is 0 Å². The Balaban J connectivity index is 2.40. The second kappa shape index (κ2) is 2.95. The summed E-state index contributed by atoms with van der Waals surface area (Å²) in [5, 5.41) is 0. The van der Waals surface area contributed by atoms with Gasteiger partial charge in [-0.1, -0.05) is 6.07 Å². The van der Waals surface area contributed by atoms with Crippen LogP contribution in [0.4, 0.5) is 4.39 Å². The minimum Gasteiger partial charge on any atom is -0.474 e. The first kappa shape index (κ1) is 9.45. The van der Waals surface area contributed by atoms with E-state index in [1.165, 1.54) is 12.1 Å². The second-order valence-electron chi connectivity index (χ2n) is 3.30. The third-order valence-electron chi connectivity index (χ3n) is 2.18. The van der Waals surface area contributed by atoms with Gasteiger partial charge in [-0.25, -0.2) is 12.8 Å². The van der Waals surface area contributed by atoms with Gasteiger partial charge in [0.1, 0.15) is 11.6 Å². The number of fused-ring (bicyclic) bond motifs is 1. The normalized spacial score (nSPS) is 20.3. The Morgan fingerprint density at radius 2 is 2.21 bits per heavy atom. The average Bonchev–Trinajstić information content (AvgIpc) is 2.48. The number of halogens is 1. The number of benzene rings is 1. The van der Waals surface area contributed by atoms with Crippen molar-refractivity contribution in [1.29, 1.82) is 0 Å². The third-order valence-corrected chi connectivity index (χ3v) is 3.40. The topological polar surface area (TPSA) is 43.4 Å². The maximum Gasteiger partial charge on any atom is 0.203 e. The molecule has 0 fully saturated rings. The Bertz CT molecular complexity index is 467. The fourth-order valence-corrected chi connectivity index (χ4v) is 2.18. The summed E-state index contributed by atoms with van der Waals surface area (Å²) >= 11 is 0. The molecule has 1 aromatic rings. The molecule has 0 aliphatic carbocycles. The highest BCUT2D eigenvalue weighted by molar-refractivity contribution is 7.91. The van der Waals surface area contributed by atoms with Crippen molar-refractivity contribution >= 4 is 9.84 Å². The van der Waals surface area contributed by atoms with Crippen LogP contribution in [-0.4, -0.2) is 20.1 Å². The fraction of sp³-hybridized carbons (Fsp3) is 0.333. The Hall–Kier alpha value is -1.10. The lowest BCUT2D eigenvalue weighted by atomic mass is 10.1. The van der Waals surface area contributed by atoms with Gasteiger partial charge in [0.25, 0.3) is 0 Å². The van der Waals surface area contributed by atoms with Crippen molar-refractivity contribution in [3.63, 3.8) is 0 Å². The lowest BCUT2D eigenvalue weighted by molar-refractivity contribution is 0.307. The van der Waals surface area contributed by atoms with Crippen LogP contribution in [0.3, 0.4) is 0 Å². The molecule has 0 amide bonds. The molecular weight excluding hydrogens is 207 g/mol. The summed E-state index contributed by atoms with van der Waals surface area (Å²) < 4.78 is 40.6. The highest BCUT2D eigenvalue weighted by Gasteiger charge is 2.32. The van der Waals surface area contributed by atoms with Gasteiger partial charge in [-0.2, -0.15) is 0 Å². The van der Waals surface area contributed by atoms with Gasteiger partial charge in [0.2, 0.25) is 5.44 Å². The Kier molecular flexibility index (Phi) is 1.99. The monoisotopic (exact) mass is 216 g/mol. The van der Waals surface area contributed by atoms with Crippen molar-refractivity contribution in [3.8, 4) is 5.75 Å². The summed E-state index contributed by atoms with van der Waals surface area (Å²) in [6.45, 7) is 0. The van der Waals surface area contributed by atoms with E-state index in [0.29, 0.717) is 11.3 Å². The van der Waals surface area contributed by atoms with Gasteiger partial charge in [0, 0.05) is 18.2 Å². The van der Waals surface area contributed by atoms with E-state index in [2.05, 4.69) is 0 Å². The van der Waals surface area contributed by atoms with Gasteiger partial charge in [-0.15, -0.1) is 0 Å². The molecular formula is C9H9FO3S. The molecule has 0 bridgehead atoms. The molecule has 0 saturated carbocycles. The van der Waals surface area contributed by atoms with Crippen molar-refractivity contribution in [2.75, 3.05) is 6.26 Å². The molecule has 1 aliphatic heterocycles. The van der Waals surface area contributed by atoms with Crippen LogP contribution in [0.15, 0.2) is 18.2 Å². The lowest BCUT2D eigenvalue weighted by Crippen LogP contribution is -2.24. The number of sulfone groups is 1. The van der Waals surface area contributed by atoms with Crippen LogP contribution in [0.2, 0.25) is 0 Å². The van der Waals surface area contributed by atoms with Crippen molar-refractivity contribution in [2.24, 2.45) is 0 Å². The predicted octanol–water partition coefficient (Wildman–Crippen LogP) is 1.13. The van der Waals surface area contributed by atoms with E-state index >= 15 is 0 Å². The van der Waals surface area contributed by atoms with Crippen LogP contribution in [0.25, 0.3) is 0 Å². The molecule has 3 nitrogen and oxygen atoms in total. The van der Waals surface area contributed by atoms with Crippen molar-refractivity contribution in [2.45, 2.75) is 11.9 Å². The fourth-order valence-electron chi connectivity index (χ4n) is 1.44. The van der Waals surface area contributed by atoms with Crippen molar-refractivity contribution in [3.05, 3.63) is 29.6 Å². The van der Waals surface area contributed by atoms with Gasteiger partial charge in [-0.3, -0.25) is 0 Å². The zero-order chi connectivity index (χ0) is 10.3. The van der Waals surface area contributed by atoms with Gasteiger partial charge >= 0.3 is 0 Å². The molecule has 0 aromatic heterocycles. The lowest BCUT2D eigenvalue weighted by Gasteiger charge is -2.06. The van der Waals surface area contributed by atoms with Crippen LogP contribution in [0.5, 0.6) is 5.75 Å². The SMILES string of the molecule is CS(=O)(=O)C1Cc2c(F)cccc2O1. The van der Waals surface area contributed by atoms with E-state index in [-0.39, 0.29) is 6.42 Å². The van der Waals surface area contributed by atoms with E-state index < -0.39 is 21.1 Å². The molecule has 1 unspecified atom stereocenters. The smallest absolute Gasteiger partial charge is 0.203 e. The number of hydrogen-bond donors (Lipinski definition) is 0. The minimum absolute atomic E-state index is 0.0981. The van der Waals surface area contributed by atoms with Crippen LogP contribution in [0.1, 0.15) is 5.56 Å². The van der Waals surface area contributed by atoms with Crippen LogP contribution >= 0.6 is 0 Å². The molecule has 0 spiro atoms. The molecule has 14 heavy (non-hydrogen) atoms. The zero-order valence-corrected chi connectivity index (χ0v) is 8.34. The molecule has 76 valence electrons. The van der Waals surface area contributed by atoms with Gasteiger partial charge < -0.3 is 4.74 Å². The van der Waals surface area contributed by atoms with E-state index in [1.54, 1.807) is 6.07 Å². The summed E-state index contributed by atoms with van der Waals surface area (Å²) in [5.74, 6) is -0.0749. The molecule has 1 aromatic carbocycles. The summed E-state index contributed by atoms with van der Waals surface area (Å²) in [6, 6.07) is 4.37. The second-order valence-corrected chi connectivity index (χ2v) is 5.48. The average molecular weight is 216 g/mol. The third kappa shape index (κ3) is 1.48. The number of ether oxygens (including phenoxy) is 1. The molecule has 1 aliphatic rings. The molecule has 0 saturated heterocycles. The first-order valence-electron chi connectivity index (χ1n) is 4.11. The van der Waals surface area contributed by atoms with Gasteiger partial charge in [0.15, 0.2) is 9.84 Å². The quantitative estimate of drug-likeness (QED) is 0.706. The summed E-state index contributed by atoms with van der Waals surface area (Å²) in [4.78, 5) is 0. The maximum atomic E-state index is 13.2. The highest BCUT2D eigenvalue weighted by Crippen LogP contribution is 2.32. The number of hydrogen-bond acceptors (Lipinski definition) is 3. The van der Waals surface area contributed by atoms with Crippen LogP contribution < -0.4 is 4.74 Å². The largest absolute Gasteiger partial charge is 0.474 e. The Labute approximate surface area is 81.4 Å². The number of rotatable bonds is 1. The maximum absolute atomic E-state index is 13.2. The Morgan fingerprint density at radius 1 is 1.50 bits per heavy atom. The van der Waals surface area contributed by atoms with E-state index in [0.717, 1.165) is 6.26 Å². The summed E-state index contributed by atoms with van der Waals surface area (Å²) in [7, 11) is -3.28. The molecule has 0 N–H and O–H groups in total. The Morgan fingerprint density at radius 3 is 2.79 bits per heavy atom. The van der Waals surface area contributed by atoms with E-state index in [4.69, 9.17) is 4.74 Å². The van der Waals surface area contributed by atoms with E-state index in [9.17, 15) is 12.8 Å². The molecule has 2 rings (SSSR count). The molecule has 0 radical (unpaired) electrons. The predicted molar refractivity (Wildman–Crippen MR) is 49.4 cm³/mol. The summed E-state index contributed by atoms with van der Waals surface area (Å²) in [6.07, 6.45) is 1.18. The van der Waals surface area contributed by atoms with Crippen molar-refractivity contribution in [1.82, 2.24) is 0 Å².